The fourth-order valence-corrected chi connectivity index (χ4v) is 6.51. The number of sulfone groups is 1. The molecular weight excluding hydrogens is 555 g/mol. The van der Waals surface area contributed by atoms with Crippen LogP contribution < -0.4 is 4.74 Å². The van der Waals surface area contributed by atoms with Crippen LogP contribution in [0.4, 0.5) is 13.2 Å². The number of amides is 1. The minimum atomic E-state index is -4.37. The molecule has 1 fully saturated rings. The van der Waals surface area contributed by atoms with Gasteiger partial charge in [0.05, 0.1) is 28.8 Å². The average Bonchev–Trinajstić information content (AvgIpc) is 2.97. The highest BCUT2D eigenvalue weighted by atomic mass is 32.2. The lowest BCUT2D eigenvalue weighted by atomic mass is 10.1. The minimum absolute atomic E-state index is 0.131. The molecule has 41 heavy (non-hydrogen) atoms. The maximum absolute atomic E-state index is 13.3. The molecule has 1 saturated heterocycles. The number of pyridine rings is 1. The summed E-state index contributed by atoms with van der Waals surface area (Å²) in [5.41, 5.74) is 1.30. The van der Waals surface area contributed by atoms with Gasteiger partial charge in [0.2, 0.25) is 0 Å². The van der Waals surface area contributed by atoms with Gasteiger partial charge in [-0.15, -0.1) is 0 Å². The van der Waals surface area contributed by atoms with Crippen molar-refractivity contribution in [1.29, 1.82) is 0 Å². The first-order chi connectivity index (χ1) is 19.5. The van der Waals surface area contributed by atoms with Gasteiger partial charge >= 0.3 is 6.18 Å². The van der Waals surface area contributed by atoms with Crippen LogP contribution in [0, 0.1) is 0 Å². The zero-order valence-corrected chi connectivity index (χ0v) is 23.1. The van der Waals surface area contributed by atoms with Crippen molar-refractivity contribution >= 4 is 26.6 Å². The predicted octanol–water partition coefficient (Wildman–Crippen LogP) is 5.19. The molecule has 0 bridgehead atoms. The fraction of sp³-hybridized carbons (Fsp3) is 0.267. The Balaban J connectivity index is 1.24. The number of hydrogen-bond donors (Lipinski definition) is 0. The number of halogens is 3. The Kier molecular flexibility index (Phi) is 8.01. The number of aromatic nitrogens is 1. The predicted molar refractivity (Wildman–Crippen MR) is 148 cm³/mol. The number of piperazine rings is 1. The summed E-state index contributed by atoms with van der Waals surface area (Å²) in [6.45, 7) is 2.53. The lowest BCUT2D eigenvalue weighted by Gasteiger charge is -2.35. The monoisotopic (exact) mass is 583 g/mol. The summed E-state index contributed by atoms with van der Waals surface area (Å²) in [6, 6.07) is 18.4. The van der Waals surface area contributed by atoms with Crippen LogP contribution in [-0.4, -0.2) is 62.4 Å². The Morgan fingerprint density at radius 2 is 1.66 bits per heavy atom. The summed E-state index contributed by atoms with van der Waals surface area (Å²) < 4.78 is 70.6. The summed E-state index contributed by atoms with van der Waals surface area (Å²) in [4.78, 5) is 21.4. The van der Waals surface area contributed by atoms with E-state index in [1.165, 1.54) is 25.3 Å². The highest BCUT2D eigenvalue weighted by Crippen LogP contribution is 2.30. The van der Waals surface area contributed by atoms with Crippen LogP contribution in [0.25, 0.3) is 10.9 Å². The standard InChI is InChI=1S/C30H28F3N3O4S/c1-40-26-18-23(9-10-24(26)20-41(38,39)27-6-2-4-22-5-3-13-34-28(22)27)29(37)36-16-14-35(15-17-36)19-21-7-11-25(12-8-21)30(31,32)33/h2-13,18H,14-17,19-20H2,1H3. The number of carbonyl (C=O) groups excluding carboxylic acids is 1. The molecule has 4 aromatic rings. The van der Waals surface area contributed by atoms with Crippen molar-refractivity contribution in [2.24, 2.45) is 0 Å². The van der Waals surface area contributed by atoms with Gasteiger partial charge in [-0.3, -0.25) is 14.7 Å². The highest BCUT2D eigenvalue weighted by molar-refractivity contribution is 7.90. The normalized spacial score (nSPS) is 14.8. The molecule has 0 aliphatic carbocycles. The van der Waals surface area contributed by atoms with Crippen molar-refractivity contribution in [3.05, 3.63) is 101 Å². The quantitative estimate of drug-likeness (QED) is 0.298. The summed E-state index contributed by atoms with van der Waals surface area (Å²) in [5, 5.41) is 0.723. The van der Waals surface area contributed by atoms with E-state index in [9.17, 15) is 26.4 Å². The van der Waals surface area contributed by atoms with Gasteiger partial charge in [-0.1, -0.05) is 36.4 Å². The van der Waals surface area contributed by atoms with E-state index in [4.69, 9.17) is 4.74 Å². The largest absolute Gasteiger partial charge is 0.496 e. The third kappa shape index (κ3) is 6.36. The molecule has 1 aromatic heterocycles. The number of rotatable bonds is 7. The molecular formula is C30H28F3N3O4S. The number of carbonyl (C=O) groups is 1. The van der Waals surface area contributed by atoms with Gasteiger partial charge in [-0.05, 0) is 42.0 Å². The second-order valence-corrected chi connectivity index (χ2v) is 11.8. The van der Waals surface area contributed by atoms with E-state index in [-0.39, 0.29) is 16.6 Å². The summed E-state index contributed by atoms with van der Waals surface area (Å²) >= 11 is 0. The van der Waals surface area contributed by atoms with Crippen LogP contribution in [0.1, 0.15) is 27.0 Å². The van der Waals surface area contributed by atoms with E-state index >= 15 is 0 Å². The SMILES string of the molecule is COc1cc(C(=O)N2CCN(Cc3ccc(C(F)(F)F)cc3)CC2)ccc1CS(=O)(=O)c1cccc2cccnc12. The topological polar surface area (TPSA) is 79.8 Å². The third-order valence-corrected chi connectivity index (χ3v) is 8.85. The molecule has 2 heterocycles. The van der Waals surface area contributed by atoms with Crippen LogP contribution in [0.2, 0.25) is 0 Å². The molecule has 0 N–H and O–H groups in total. The summed E-state index contributed by atoms with van der Waals surface area (Å²) in [6.07, 6.45) is -2.81. The van der Waals surface area contributed by atoms with Crippen molar-refractivity contribution in [2.45, 2.75) is 23.4 Å². The van der Waals surface area contributed by atoms with Gasteiger partial charge in [0.15, 0.2) is 9.84 Å². The first-order valence-electron chi connectivity index (χ1n) is 13.0. The molecule has 3 aromatic carbocycles. The number of methoxy groups -OCH3 is 1. The van der Waals surface area contributed by atoms with Gasteiger partial charge in [0.1, 0.15) is 5.75 Å². The maximum atomic E-state index is 13.3. The molecule has 0 atom stereocenters. The average molecular weight is 584 g/mol. The Hall–Kier alpha value is -3.96. The number of nitrogens with zero attached hydrogens (tertiary/aromatic N) is 3. The zero-order valence-electron chi connectivity index (χ0n) is 22.3. The number of fused-ring (bicyclic) bond motifs is 1. The number of hydrogen-bond acceptors (Lipinski definition) is 6. The van der Waals surface area contributed by atoms with Gasteiger partial charge in [0.25, 0.3) is 5.91 Å². The zero-order chi connectivity index (χ0) is 29.2. The number of para-hydroxylation sites is 1. The molecule has 214 valence electrons. The van der Waals surface area contributed by atoms with Crippen LogP contribution in [-0.2, 0) is 28.3 Å². The molecule has 11 heteroatoms. The number of benzene rings is 3. The smallest absolute Gasteiger partial charge is 0.416 e. The van der Waals surface area contributed by atoms with E-state index in [0.717, 1.165) is 23.1 Å². The summed E-state index contributed by atoms with van der Waals surface area (Å²) in [7, 11) is -2.34. The third-order valence-electron chi connectivity index (χ3n) is 7.16. The van der Waals surface area contributed by atoms with Gasteiger partial charge in [0, 0.05) is 55.4 Å². The Labute approximate surface area is 236 Å². The van der Waals surface area contributed by atoms with E-state index < -0.39 is 21.6 Å². The van der Waals surface area contributed by atoms with Crippen molar-refractivity contribution < 1.29 is 31.1 Å². The van der Waals surface area contributed by atoms with Crippen LogP contribution in [0.15, 0.2) is 83.9 Å². The molecule has 0 spiro atoms. The van der Waals surface area contributed by atoms with Crippen LogP contribution in [0.5, 0.6) is 5.75 Å². The van der Waals surface area contributed by atoms with Crippen molar-refractivity contribution in [3.63, 3.8) is 0 Å². The van der Waals surface area contributed by atoms with Crippen molar-refractivity contribution in [2.75, 3.05) is 33.3 Å². The fourth-order valence-electron chi connectivity index (χ4n) is 4.96. The highest BCUT2D eigenvalue weighted by Gasteiger charge is 2.30. The van der Waals surface area contributed by atoms with E-state index in [2.05, 4.69) is 9.88 Å². The van der Waals surface area contributed by atoms with Gasteiger partial charge < -0.3 is 9.64 Å². The number of alkyl halides is 3. The van der Waals surface area contributed by atoms with E-state index in [1.54, 1.807) is 53.6 Å². The second-order valence-electron chi connectivity index (χ2n) is 9.88. The Morgan fingerprint density at radius 3 is 2.34 bits per heavy atom. The molecule has 1 amide bonds. The van der Waals surface area contributed by atoms with Crippen molar-refractivity contribution in [1.82, 2.24) is 14.8 Å². The molecule has 1 aliphatic rings. The Morgan fingerprint density at radius 1 is 0.951 bits per heavy atom. The van der Waals surface area contributed by atoms with Gasteiger partial charge in [-0.2, -0.15) is 13.2 Å². The first-order valence-corrected chi connectivity index (χ1v) is 14.6. The molecule has 0 unspecified atom stereocenters. The molecule has 0 saturated carbocycles. The lowest BCUT2D eigenvalue weighted by Crippen LogP contribution is -2.48. The molecule has 7 nitrogen and oxygen atoms in total. The van der Waals surface area contributed by atoms with E-state index in [1.807, 2.05) is 0 Å². The Bertz CT molecular complexity index is 1660. The number of ether oxygens (including phenoxy) is 1. The van der Waals surface area contributed by atoms with E-state index in [0.29, 0.717) is 55.1 Å². The van der Waals surface area contributed by atoms with Crippen LogP contribution >= 0.6 is 0 Å². The summed E-state index contributed by atoms with van der Waals surface area (Å²) in [5.74, 6) is -0.220. The lowest BCUT2D eigenvalue weighted by molar-refractivity contribution is -0.137. The molecule has 0 radical (unpaired) electrons. The maximum Gasteiger partial charge on any atom is 0.416 e. The molecule has 1 aliphatic heterocycles. The van der Waals surface area contributed by atoms with Gasteiger partial charge in [-0.25, -0.2) is 8.42 Å². The first kappa shape index (κ1) is 28.6. The van der Waals surface area contributed by atoms with Crippen molar-refractivity contribution in [3.8, 4) is 5.75 Å². The molecule has 5 rings (SSSR count). The van der Waals surface area contributed by atoms with Crippen LogP contribution in [0.3, 0.4) is 0 Å². The second kappa shape index (κ2) is 11.5. The minimum Gasteiger partial charge on any atom is -0.496 e.